The molecule has 2 fully saturated rings. The molecule has 2 N–H and O–H groups in total. The molecule has 0 aromatic rings. The molecule has 2 aliphatic carbocycles. The summed E-state index contributed by atoms with van der Waals surface area (Å²) in [5, 5.41) is 0. The van der Waals surface area contributed by atoms with Crippen LogP contribution in [0.2, 0.25) is 0 Å². The van der Waals surface area contributed by atoms with Gasteiger partial charge in [-0.25, -0.2) is 0 Å². The predicted octanol–water partition coefficient (Wildman–Crippen LogP) is 3.33. The van der Waals surface area contributed by atoms with E-state index < -0.39 is 0 Å². The van der Waals surface area contributed by atoms with Gasteiger partial charge in [-0.1, -0.05) is 32.6 Å². The molecule has 0 spiro atoms. The molecule has 2 aliphatic rings. The van der Waals surface area contributed by atoms with E-state index in [9.17, 15) is 0 Å². The quantitative estimate of drug-likeness (QED) is 0.734. The highest BCUT2D eigenvalue weighted by Crippen LogP contribution is 2.36. The fraction of sp³-hybridized carbons (Fsp3) is 1.00. The normalized spacial score (nSPS) is 36.4. The molecule has 3 atom stereocenters. The Bertz CT molecular complexity index is 174. The first-order valence-electron chi connectivity index (χ1n) is 6.51. The molecule has 14 heavy (non-hydrogen) atoms. The third kappa shape index (κ3) is 2.50. The lowest BCUT2D eigenvalue weighted by Gasteiger charge is -2.35. The van der Waals surface area contributed by atoms with Crippen LogP contribution >= 0.6 is 0 Å². The van der Waals surface area contributed by atoms with Crippen molar-refractivity contribution >= 4 is 0 Å². The van der Waals surface area contributed by atoms with Gasteiger partial charge in [-0.2, -0.15) is 0 Å². The molecule has 2 saturated carbocycles. The summed E-state index contributed by atoms with van der Waals surface area (Å²) in [6.45, 7) is 2.40. The van der Waals surface area contributed by atoms with E-state index in [4.69, 9.17) is 5.73 Å². The Morgan fingerprint density at radius 3 is 2.43 bits per heavy atom. The largest absolute Gasteiger partial charge is 0.327 e. The minimum absolute atomic E-state index is 0.527. The monoisotopic (exact) mass is 195 g/mol. The third-order valence-electron chi connectivity index (χ3n) is 4.41. The van der Waals surface area contributed by atoms with Gasteiger partial charge in [0, 0.05) is 6.04 Å². The second-order valence-electron chi connectivity index (χ2n) is 5.73. The number of hydrogen-bond acceptors (Lipinski definition) is 1. The van der Waals surface area contributed by atoms with Gasteiger partial charge in [-0.15, -0.1) is 0 Å². The van der Waals surface area contributed by atoms with E-state index in [-0.39, 0.29) is 0 Å². The summed E-state index contributed by atoms with van der Waals surface area (Å²) in [5.41, 5.74) is 6.26. The predicted molar refractivity (Wildman–Crippen MR) is 61.1 cm³/mol. The summed E-state index contributed by atoms with van der Waals surface area (Å²) in [7, 11) is 0. The van der Waals surface area contributed by atoms with Crippen molar-refractivity contribution in [3.63, 3.8) is 0 Å². The molecular formula is C13H25N. The average Bonchev–Trinajstić information content (AvgIpc) is 1.99. The molecule has 0 amide bonds. The van der Waals surface area contributed by atoms with E-state index >= 15 is 0 Å². The minimum Gasteiger partial charge on any atom is -0.327 e. The van der Waals surface area contributed by atoms with Crippen LogP contribution in [0.3, 0.4) is 0 Å². The lowest BCUT2D eigenvalue weighted by Crippen LogP contribution is -2.36. The average molecular weight is 195 g/mol. The fourth-order valence-corrected chi connectivity index (χ4v) is 3.22. The summed E-state index contributed by atoms with van der Waals surface area (Å²) >= 11 is 0. The second-order valence-corrected chi connectivity index (χ2v) is 5.73. The summed E-state index contributed by atoms with van der Waals surface area (Å²) in [6.07, 6.45) is 11.4. The molecule has 0 aromatic heterocycles. The van der Waals surface area contributed by atoms with Crippen LogP contribution in [-0.4, -0.2) is 6.04 Å². The van der Waals surface area contributed by atoms with Gasteiger partial charge in [0.15, 0.2) is 0 Å². The highest BCUT2D eigenvalue weighted by atomic mass is 14.7. The van der Waals surface area contributed by atoms with Crippen LogP contribution in [0.15, 0.2) is 0 Å². The highest BCUT2D eigenvalue weighted by molar-refractivity contribution is 4.83. The van der Waals surface area contributed by atoms with E-state index in [0.717, 1.165) is 17.8 Å². The van der Waals surface area contributed by atoms with Crippen molar-refractivity contribution in [3.8, 4) is 0 Å². The van der Waals surface area contributed by atoms with Gasteiger partial charge < -0.3 is 5.73 Å². The first-order chi connectivity index (χ1) is 6.75. The first-order valence-corrected chi connectivity index (χ1v) is 6.51. The molecule has 0 radical (unpaired) electrons. The third-order valence-corrected chi connectivity index (χ3v) is 4.41. The smallest absolute Gasteiger partial charge is 0.00698 e. The number of hydrogen-bond donors (Lipinski definition) is 1. The van der Waals surface area contributed by atoms with Crippen molar-refractivity contribution in [3.05, 3.63) is 0 Å². The fourth-order valence-electron chi connectivity index (χ4n) is 3.22. The molecule has 0 bridgehead atoms. The van der Waals surface area contributed by atoms with Gasteiger partial charge in [-0.05, 0) is 43.4 Å². The maximum Gasteiger partial charge on any atom is 0.00698 e. The molecule has 0 aromatic carbocycles. The van der Waals surface area contributed by atoms with Crippen molar-refractivity contribution in [2.45, 2.75) is 64.3 Å². The summed E-state index contributed by atoms with van der Waals surface area (Å²) in [4.78, 5) is 0. The Kier molecular flexibility index (Phi) is 3.48. The zero-order valence-corrected chi connectivity index (χ0v) is 9.54. The van der Waals surface area contributed by atoms with Crippen molar-refractivity contribution in [1.82, 2.24) is 0 Å². The highest BCUT2D eigenvalue weighted by Gasteiger charge is 2.28. The van der Waals surface area contributed by atoms with E-state index in [1.165, 1.54) is 51.4 Å². The zero-order valence-electron chi connectivity index (χ0n) is 9.54. The Morgan fingerprint density at radius 2 is 1.86 bits per heavy atom. The van der Waals surface area contributed by atoms with Crippen LogP contribution in [0.5, 0.6) is 0 Å². The number of nitrogens with two attached hydrogens (primary N) is 1. The van der Waals surface area contributed by atoms with Crippen LogP contribution < -0.4 is 5.73 Å². The SMILES string of the molecule is CC1CCCC(CC(N)C2CCC2)C1. The van der Waals surface area contributed by atoms with E-state index in [0.29, 0.717) is 6.04 Å². The summed E-state index contributed by atoms with van der Waals surface area (Å²) in [5.74, 6) is 2.80. The molecule has 2 rings (SSSR count). The van der Waals surface area contributed by atoms with Gasteiger partial charge in [0.2, 0.25) is 0 Å². The molecular weight excluding hydrogens is 170 g/mol. The maximum atomic E-state index is 6.26. The summed E-state index contributed by atoms with van der Waals surface area (Å²) < 4.78 is 0. The number of rotatable bonds is 3. The zero-order chi connectivity index (χ0) is 9.97. The van der Waals surface area contributed by atoms with Crippen LogP contribution in [0.25, 0.3) is 0 Å². The first kappa shape index (κ1) is 10.5. The van der Waals surface area contributed by atoms with Crippen LogP contribution in [0.1, 0.15) is 58.3 Å². The molecule has 1 heteroatoms. The van der Waals surface area contributed by atoms with Gasteiger partial charge in [0.1, 0.15) is 0 Å². The standard InChI is InChI=1S/C13H25N/c1-10-4-2-5-11(8-10)9-13(14)12-6-3-7-12/h10-13H,2-9,14H2,1H3. The van der Waals surface area contributed by atoms with E-state index in [1.807, 2.05) is 0 Å². The van der Waals surface area contributed by atoms with Crippen LogP contribution in [-0.2, 0) is 0 Å². The Hall–Kier alpha value is -0.0400. The van der Waals surface area contributed by atoms with Gasteiger partial charge in [0.05, 0.1) is 0 Å². The van der Waals surface area contributed by atoms with Crippen molar-refractivity contribution < 1.29 is 0 Å². The Morgan fingerprint density at radius 1 is 1.14 bits per heavy atom. The molecule has 3 unspecified atom stereocenters. The molecule has 82 valence electrons. The van der Waals surface area contributed by atoms with E-state index in [2.05, 4.69) is 6.92 Å². The van der Waals surface area contributed by atoms with Gasteiger partial charge in [0.25, 0.3) is 0 Å². The topological polar surface area (TPSA) is 26.0 Å². The van der Waals surface area contributed by atoms with Gasteiger partial charge in [-0.3, -0.25) is 0 Å². The van der Waals surface area contributed by atoms with Crippen molar-refractivity contribution in [2.24, 2.45) is 23.5 Å². The van der Waals surface area contributed by atoms with Gasteiger partial charge >= 0.3 is 0 Å². The second kappa shape index (κ2) is 4.65. The van der Waals surface area contributed by atoms with E-state index in [1.54, 1.807) is 0 Å². The summed E-state index contributed by atoms with van der Waals surface area (Å²) in [6, 6.07) is 0.527. The van der Waals surface area contributed by atoms with Crippen LogP contribution in [0.4, 0.5) is 0 Å². The van der Waals surface area contributed by atoms with Crippen molar-refractivity contribution in [1.29, 1.82) is 0 Å². The van der Waals surface area contributed by atoms with Crippen molar-refractivity contribution in [2.75, 3.05) is 0 Å². The minimum atomic E-state index is 0.527. The lowest BCUT2D eigenvalue weighted by molar-refractivity contribution is 0.195. The van der Waals surface area contributed by atoms with Crippen LogP contribution in [0, 0.1) is 17.8 Å². The molecule has 0 saturated heterocycles. The maximum absolute atomic E-state index is 6.26. The molecule has 0 heterocycles. The molecule has 0 aliphatic heterocycles. The molecule has 1 nitrogen and oxygen atoms in total. The lowest BCUT2D eigenvalue weighted by atomic mass is 9.73. The Balaban J connectivity index is 1.72. The Labute approximate surface area is 88.4 Å².